The van der Waals surface area contributed by atoms with Gasteiger partial charge in [-0.1, -0.05) is 0 Å². The van der Waals surface area contributed by atoms with E-state index in [9.17, 15) is 35.4 Å². The van der Waals surface area contributed by atoms with Crippen LogP contribution in [0.5, 0.6) is 0 Å². The van der Waals surface area contributed by atoms with Gasteiger partial charge >= 0.3 is 0 Å². The van der Waals surface area contributed by atoms with Gasteiger partial charge in [-0.3, -0.25) is 9.36 Å². The van der Waals surface area contributed by atoms with Crippen molar-refractivity contribution in [3.63, 3.8) is 0 Å². The van der Waals surface area contributed by atoms with Crippen LogP contribution >= 0.6 is 0 Å². The third-order valence-corrected chi connectivity index (χ3v) is 5.18. The van der Waals surface area contributed by atoms with Crippen LogP contribution in [0.4, 0.5) is 5.95 Å². The molecule has 4 rings (SSSR count). The first-order chi connectivity index (χ1) is 13.8. The molecular weight excluding hydrogens is 394 g/mol. The van der Waals surface area contributed by atoms with E-state index >= 15 is 0 Å². The molecule has 14 heteroatoms. The summed E-state index contributed by atoms with van der Waals surface area (Å²) in [5, 5.41) is 59.0. The van der Waals surface area contributed by atoms with Crippen molar-refractivity contribution in [2.24, 2.45) is 0 Å². The lowest BCUT2D eigenvalue weighted by Crippen LogP contribution is -2.52. The van der Waals surface area contributed by atoms with Gasteiger partial charge in [0.05, 0.1) is 19.5 Å². The van der Waals surface area contributed by atoms with E-state index in [0.29, 0.717) is 0 Å². The molecule has 160 valence electrons. The van der Waals surface area contributed by atoms with Gasteiger partial charge in [0.25, 0.3) is 5.56 Å². The van der Waals surface area contributed by atoms with Crippen molar-refractivity contribution in [2.45, 2.75) is 49.1 Å². The van der Waals surface area contributed by atoms with E-state index in [1.165, 1.54) is 4.57 Å². The molecule has 2 fully saturated rings. The van der Waals surface area contributed by atoms with E-state index in [2.05, 4.69) is 9.97 Å². The number of fused-ring (bicyclic) bond motifs is 1. The summed E-state index contributed by atoms with van der Waals surface area (Å²) in [6.45, 7) is -0.876. The van der Waals surface area contributed by atoms with Crippen molar-refractivity contribution in [3.8, 4) is 0 Å². The molecule has 14 nitrogen and oxygen atoms in total. The number of hydrogen-bond donors (Lipinski definition) is 7. The minimum atomic E-state index is -1.65. The fraction of sp³-hybridized carbons (Fsp3) is 0.667. The maximum absolute atomic E-state index is 12.9. The maximum Gasteiger partial charge on any atom is 0.285 e. The first-order valence-corrected chi connectivity index (χ1v) is 8.79. The largest absolute Gasteiger partial charge is 0.394 e. The van der Waals surface area contributed by atoms with Gasteiger partial charge in [0.15, 0.2) is 23.6 Å². The molecule has 0 spiro atoms. The topological polar surface area (TPSA) is 219 Å². The standard InChI is InChI=1S/C15H21N5O9/c16-15-18-11-6(12(27)20(15)14-9(25)7(23)4(22)2-28-14)17-3-19(11)13-10(26)8(24)5(1-21)29-13/h3-5,7-10,13-14,21-26H,1-2H2,(H2,16,18)/t4?,5-,7?,8-,9?,10-,13-,14?/m1/s1. The fourth-order valence-corrected chi connectivity index (χ4v) is 3.56. The van der Waals surface area contributed by atoms with E-state index in [1.54, 1.807) is 0 Å². The van der Waals surface area contributed by atoms with E-state index in [-0.39, 0.29) is 23.7 Å². The second-order valence-electron chi connectivity index (χ2n) is 6.97. The van der Waals surface area contributed by atoms with Gasteiger partial charge in [-0.2, -0.15) is 4.98 Å². The lowest BCUT2D eigenvalue weighted by atomic mass is 10.0. The molecule has 8 N–H and O–H groups in total. The molecule has 29 heavy (non-hydrogen) atoms. The maximum atomic E-state index is 12.9. The zero-order valence-corrected chi connectivity index (χ0v) is 14.9. The quantitative estimate of drug-likeness (QED) is 0.252. The molecule has 0 bridgehead atoms. The van der Waals surface area contributed by atoms with Crippen LogP contribution in [0.2, 0.25) is 0 Å². The summed E-state index contributed by atoms with van der Waals surface area (Å²) in [6, 6.07) is 0. The molecule has 2 aliphatic rings. The van der Waals surface area contributed by atoms with Crippen LogP contribution in [0, 0.1) is 0 Å². The van der Waals surface area contributed by atoms with Crippen molar-refractivity contribution in [3.05, 3.63) is 16.7 Å². The van der Waals surface area contributed by atoms with Crippen LogP contribution in [0.1, 0.15) is 12.5 Å². The van der Waals surface area contributed by atoms with E-state index < -0.39 is 61.2 Å². The summed E-state index contributed by atoms with van der Waals surface area (Å²) >= 11 is 0. The van der Waals surface area contributed by atoms with Crippen LogP contribution in [-0.2, 0) is 9.47 Å². The minimum Gasteiger partial charge on any atom is -0.394 e. The van der Waals surface area contributed by atoms with Crippen LogP contribution in [-0.4, -0.2) is 99.6 Å². The Labute approximate surface area is 162 Å². The number of imidazole rings is 1. The molecule has 0 amide bonds. The van der Waals surface area contributed by atoms with Gasteiger partial charge in [-0.25, -0.2) is 9.55 Å². The van der Waals surface area contributed by atoms with Crippen molar-refractivity contribution < 1.29 is 40.1 Å². The van der Waals surface area contributed by atoms with Crippen LogP contribution in [0.3, 0.4) is 0 Å². The third kappa shape index (κ3) is 3.01. The van der Waals surface area contributed by atoms with Crippen molar-refractivity contribution >= 4 is 17.1 Å². The van der Waals surface area contributed by atoms with Crippen LogP contribution < -0.4 is 11.3 Å². The second-order valence-corrected chi connectivity index (χ2v) is 6.97. The molecule has 2 saturated heterocycles. The lowest BCUT2D eigenvalue weighted by Gasteiger charge is -2.36. The summed E-state index contributed by atoms with van der Waals surface area (Å²) in [5.41, 5.74) is 4.82. The minimum absolute atomic E-state index is 0.0653. The Kier molecular flexibility index (Phi) is 5.04. The number of anilines is 1. The van der Waals surface area contributed by atoms with Gasteiger partial charge < -0.3 is 45.8 Å². The number of ether oxygens (including phenoxy) is 2. The Morgan fingerprint density at radius 2 is 1.79 bits per heavy atom. The predicted molar refractivity (Wildman–Crippen MR) is 92.2 cm³/mol. The highest BCUT2D eigenvalue weighted by molar-refractivity contribution is 5.71. The summed E-state index contributed by atoms with van der Waals surface area (Å²) < 4.78 is 12.7. The lowest BCUT2D eigenvalue weighted by molar-refractivity contribution is -0.211. The molecule has 4 heterocycles. The Bertz CT molecular complexity index is 964. The highest BCUT2D eigenvalue weighted by atomic mass is 16.6. The average Bonchev–Trinajstić information content (AvgIpc) is 3.23. The smallest absolute Gasteiger partial charge is 0.285 e. The Balaban J connectivity index is 1.76. The highest BCUT2D eigenvalue weighted by Gasteiger charge is 2.44. The molecule has 0 saturated carbocycles. The molecule has 8 atom stereocenters. The van der Waals surface area contributed by atoms with Crippen LogP contribution in [0.25, 0.3) is 11.2 Å². The van der Waals surface area contributed by atoms with E-state index in [4.69, 9.17) is 15.2 Å². The molecule has 2 aromatic rings. The number of nitrogens with zero attached hydrogens (tertiary/aromatic N) is 4. The van der Waals surface area contributed by atoms with Gasteiger partial charge in [-0.15, -0.1) is 0 Å². The van der Waals surface area contributed by atoms with Gasteiger partial charge in [0.2, 0.25) is 5.95 Å². The number of nitrogen functional groups attached to an aromatic ring is 1. The van der Waals surface area contributed by atoms with E-state index in [0.717, 1.165) is 10.9 Å². The summed E-state index contributed by atoms with van der Waals surface area (Å²) in [5.74, 6) is -0.386. The van der Waals surface area contributed by atoms with Crippen LogP contribution in [0.15, 0.2) is 11.1 Å². The highest BCUT2D eigenvalue weighted by Crippen LogP contribution is 2.31. The van der Waals surface area contributed by atoms with Crippen molar-refractivity contribution in [1.82, 2.24) is 19.1 Å². The Morgan fingerprint density at radius 1 is 1.10 bits per heavy atom. The number of aliphatic hydroxyl groups excluding tert-OH is 6. The number of nitrogens with two attached hydrogens (primary N) is 1. The summed E-state index contributed by atoms with van der Waals surface area (Å²) in [6.07, 6.45) is -9.80. The van der Waals surface area contributed by atoms with Crippen molar-refractivity contribution in [1.29, 1.82) is 0 Å². The normalized spacial score (nSPS) is 38.0. The zero-order valence-electron chi connectivity index (χ0n) is 14.9. The SMILES string of the molecule is Nc1nc2c(ncn2[C@@H]2O[C@H](CO)[C@@H](O)[C@H]2O)c(=O)n1C1OCC(O)C(O)C1O. The Hall–Kier alpha value is -2.17. The van der Waals surface area contributed by atoms with Gasteiger partial charge in [0, 0.05) is 0 Å². The van der Waals surface area contributed by atoms with E-state index in [1.807, 2.05) is 0 Å². The Morgan fingerprint density at radius 3 is 2.45 bits per heavy atom. The third-order valence-electron chi connectivity index (χ3n) is 5.18. The molecule has 0 aromatic carbocycles. The predicted octanol–water partition coefficient (Wildman–Crippen LogP) is -4.60. The summed E-state index contributed by atoms with van der Waals surface area (Å²) in [4.78, 5) is 20.9. The molecule has 2 aliphatic heterocycles. The summed E-state index contributed by atoms with van der Waals surface area (Å²) in [7, 11) is 0. The number of hydrogen-bond acceptors (Lipinski definition) is 12. The molecule has 4 unspecified atom stereocenters. The molecule has 0 radical (unpaired) electrons. The molecule has 2 aromatic heterocycles. The number of aromatic nitrogens is 4. The zero-order chi connectivity index (χ0) is 21.0. The van der Waals surface area contributed by atoms with Gasteiger partial charge in [0.1, 0.15) is 36.6 Å². The average molecular weight is 415 g/mol. The first kappa shape index (κ1) is 20.1. The van der Waals surface area contributed by atoms with Gasteiger partial charge in [-0.05, 0) is 0 Å². The number of aliphatic hydroxyl groups is 6. The molecule has 0 aliphatic carbocycles. The van der Waals surface area contributed by atoms with Crippen molar-refractivity contribution in [2.75, 3.05) is 18.9 Å². The first-order valence-electron chi connectivity index (χ1n) is 8.79. The monoisotopic (exact) mass is 415 g/mol. The second kappa shape index (κ2) is 7.26. The number of rotatable bonds is 3. The fourth-order valence-electron chi connectivity index (χ4n) is 3.56. The molecular formula is C15H21N5O9.